The van der Waals surface area contributed by atoms with Gasteiger partial charge in [0.1, 0.15) is 11.4 Å². The van der Waals surface area contributed by atoms with Gasteiger partial charge in [0.2, 0.25) is 0 Å². The van der Waals surface area contributed by atoms with Crippen molar-refractivity contribution < 1.29 is 19.1 Å². The van der Waals surface area contributed by atoms with Crippen LogP contribution in [0.1, 0.15) is 32.1 Å². The summed E-state index contributed by atoms with van der Waals surface area (Å²) in [7, 11) is 3.14. The van der Waals surface area contributed by atoms with Gasteiger partial charge >= 0.3 is 0 Å². The van der Waals surface area contributed by atoms with Gasteiger partial charge in [-0.3, -0.25) is 19.9 Å². The van der Waals surface area contributed by atoms with Crippen LogP contribution in [-0.2, 0) is 4.74 Å². The fourth-order valence-electron chi connectivity index (χ4n) is 3.91. The highest BCUT2D eigenvalue weighted by Crippen LogP contribution is 2.34. The number of pyridine rings is 1. The number of nitrogens with one attached hydrogen (secondary N) is 1. The Morgan fingerprint density at radius 3 is 2.68 bits per heavy atom. The first-order valence-corrected chi connectivity index (χ1v) is 12.0. The minimum Gasteiger partial charge on any atom is -0.496 e. The fraction of sp³-hybridized carbons (Fsp3) is 0.240. The number of methoxy groups -OCH3 is 2. The molecule has 0 atom stereocenters. The van der Waals surface area contributed by atoms with Crippen molar-refractivity contribution in [2.24, 2.45) is 0 Å². The summed E-state index contributed by atoms with van der Waals surface area (Å²) >= 11 is 1.11. The molecule has 4 heterocycles. The maximum Gasteiger partial charge on any atom is 0.274 e. The van der Waals surface area contributed by atoms with Gasteiger partial charge in [-0.2, -0.15) is 10.2 Å². The standard InChI is InChI=1S/C25H21N7O4S/c1-13-6-16(17-7-14(8-26)4-5-20(17)36-3)18(9-27-13)22(33)31-25-30-21-23(37-25)29-19(10-28-21)24(34)32-11-15(12-32)35-2/h4-7,9-10,15H,11-12H2,1-3H3,(H,28,30,31,33). The first-order chi connectivity index (χ1) is 17.9. The smallest absolute Gasteiger partial charge is 0.274 e. The summed E-state index contributed by atoms with van der Waals surface area (Å²) in [5.74, 6) is -0.165. The largest absolute Gasteiger partial charge is 0.496 e. The number of carbonyl (C=O) groups is 2. The lowest BCUT2D eigenvalue weighted by molar-refractivity contribution is -0.0194. The van der Waals surface area contributed by atoms with Crippen LogP contribution in [0, 0.1) is 18.3 Å². The maximum absolute atomic E-state index is 13.3. The summed E-state index contributed by atoms with van der Waals surface area (Å²) in [6.45, 7) is 2.83. The number of nitrogens with zero attached hydrogens (tertiary/aromatic N) is 6. The predicted molar refractivity (Wildman–Crippen MR) is 136 cm³/mol. The van der Waals surface area contributed by atoms with Crippen molar-refractivity contribution in [3.63, 3.8) is 0 Å². The molecule has 5 rings (SSSR count). The van der Waals surface area contributed by atoms with Crippen LogP contribution in [-0.4, -0.2) is 70.1 Å². The van der Waals surface area contributed by atoms with E-state index in [2.05, 4.69) is 31.3 Å². The Hall–Kier alpha value is -4.47. The van der Waals surface area contributed by atoms with Crippen LogP contribution in [0.25, 0.3) is 21.6 Å². The summed E-state index contributed by atoms with van der Waals surface area (Å²) < 4.78 is 10.7. The zero-order valence-electron chi connectivity index (χ0n) is 20.2. The van der Waals surface area contributed by atoms with E-state index in [9.17, 15) is 14.9 Å². The van der Waals surface area contributed by atoms with Crippen molar-refractivity contribution in [1.29, 1.82) is 5.26 Å². The van der Waals surface area contributed by atoms with E-state index in [-0.39, 0.29) is 28.4 Å². The molecule has 4 aromatic rings. The number of anilines is 1. The van der Waals surface area contributed by atoms with E-state index in [4.69, 9.17) is 9.47 Å². The van der Waals surface area contributed by atoms with Crippen molar-refractivity contribution >= 4 is 38.8 Å². The minimum absolute atomic E-state index is 0.0364. The average Bonchev–Trinajstić information content (AvgIpc) is 3.28. The number of ether oxygens (including phenoxy) is 2. The monoisotopic (exact) mass is 515 g/mol. The van der Waals surface area contributed by atoms with Crippen molar-refractivity contribution in [1.82, 2.24) is 24.8 Å². The average molecular weight is 516 g/mol. The molecular weight excluding hydrogens is 494 g/mol. The number of hydrogen-bond donors (Lipinski definition) is 1. The van der Waals surface area contributed by atoms with Gasteiger partial charge < -0.3 is 14.4 Å². The van der Waals surface area contributed by atoms with Gasteiger partial charge in [0.15, 0.2) is 15.6 Å². The lowest BCUT2D eigenvalue weighted by atomic mass is 9.97. The number of likely N-dealkylation sites (tertiary alicyclic amines) is 1. The Bertz CT molecular complexity index is 1570. The summed E-state index contributed by atoms with van der Waals surface area (Å²) in [5.41, 5.74) is 3.09. The molecule has 0 spiro atoms. The number of fused-ring (bicyclic) bond motifs is 1. The molecule has 11 nitrogen and oxygen atoms in total. The molecular formula is C25H21N7O4S. The van der Waals surface area contributed by atoms with Gasteiger partial charge in [-0.1, -0.05) is 11.3 Å². The number of nitriles is 1. The molecule has 12 heteroatoms. The minimum atomic E-state index is -0.451. The fourth-order valence-corrected chi connectivity index (χ4v) is 4.70. The van der Waals surface area contributed by atoms with Gasteiger partial charge in [-0.05, 0) is 31.2 Å². The molecule has 0 aliphatic carbocycles. The molecule has 0 radical (unpaired) electrons. The molecule has 0 saturated carbocycles. The molecule has 0 unspecified atom stereocenters. The quantitative estimate of drug-likeness (QED) is 0.410. The lowest BCUT2D eigenvalue weighted by Gasteiger charge is -2.37. The first kappa shape index (κ1) is 24.2. The van der Waals surface area contributed by atoms with Gasteiger partial charge in [0.05, 0.1) is 36.6 Å². The number of rotatable bonds is 6. The van der Waals surface area contributed by atoms with E-state index >= 15 is 0 Å². The lowest BCUT2D eigenvalue weighted by Crippen LogP contribution is -2.54. The molecule has 1 aromatic carbocycles. The molecule has 1 aliphatic heterocycles. The molecule has 3 aromatic heterocycles. The number of carbonyl (C=O) groups excluding carboxylic acids is 2. The SMILES string of the molecule is COc1ccc(C#N)cc1-c1cc(C)ncc1C(=O)Nc1nc2ncc(C(=O)N3CC(OC)C3)nc2s1. The summed E-state index contributed by atoms with van der Waals surface area (Å²) in [4.78, 5) is 45.3. The predicted octanol–water partition coefficient (Wildman–Crippen LogP) is 3.06. The highest BCUT2D eigenvalue weighted by molar-refractivity contribution is 7.21. The van der Waals surface area contributed by atoms with Crippen LogP contribution in [0.15, 0.2) is 36.7 Å². The Kier molecular flexibility index (Phi) is 6.47. The van der Waals surface area contributed by atoms with Gasteiger partial charge in [0.25, 0.3) is 11.8 Å². The van der Waals surface area contributed by atoms with Crippen LogP contribution in [0.2, 0.25) is 0 Å². The van der Waals surface area contributed by atoms with Crippen molar-refractivity contribution in [2.75, 3.05) is 32.6 Å². The topological polar surface area (TPSA) is 143 Å². The van der Waals surface area contributed by atoms with Crippen LogP contribution in [0.5, 0.6) is 5.75 Å². The second-order valence-electron chi connectivity index (χ2n) is 8.32. The van der Waals surface area contributed by atoms with Crippen LogP contribution in [0.3, 0.4) is 0 Å². The molecule has 1 fully saturated rings. The Labute approximate surface area is 215 Å². The summed E-state index contributed by atoms with van der Waals surface area (Å²) in [6, 6.07) is 8.87. The number of benzene rings is 1. The number of hydrogen-bond acceptors (Lipinski definition) is 10. The number of amides is 2. The molecule has 1 saturated heterocycles. The van der Waals surface area contributed by atoms with E-state index in [0.29, 0.717) is 51.7 Å². The number of aromatic nitrogens is 4. The second-order valence-corrected chi connectivity index (χ2v) is 9.30. The van der Waals surface area contributed by atoms with Crippen molar-refractivity contribution in [3.8, 4) is 22.9 Å². The third-order valence-electron chi connectivity index (χ3n) is 5.94. The number of thiazole rings is 1. The molecule has 1 aliphatic rings. The third-order valence-corrected chi connectivity index (χ3v) is 6.79. The van der Waals surface area contributed by atoms with Gasteiger partial charge in [-0.15, -0.1) is 0 Å². The van der Waals surface area contributed by atoms with E-state index in [0.717, 1.165) is 11.3 Å². The molecule has 186 valence electrons. The third kappa shape index (κ3) is 4.69. The second kappa shape index (κ2) is 9.88. The van der Waals surface area contributed by atoms with Crippen molar-refractivity contribution in [3.05, 3.63) is 59.2 Å². The summed E-state index contributed by atoms with van der Waals surface area (Å²) in [6.07, 6.45) is 2.89. The molecule has 0 bridgehead atoms. The van der Waals surface area contributed by atoms with Crippen LogP contribution in [0.4, 0.5) is 5.13 Å². The van der Waals surface area contributed by atoms with Crippen LogP contribution >= 0.6 is 11.3 Å². The zero-order chi connectivity index (χ0) is 26.1. The van der Waals surface area contributed by atoms with E-state index in [1.165, 1.54) is 19.5 Å². The van der Waals surface area contributed by atoms with E-state index < -0.39 is 5.91 Å². The molecule has 2 amide bonds. The maximum atomic E-state index is 13.3. The highest BCUT2D eigenvalue weighted by Gasteiger charge is 2.32. The van der Waals surface area contributed by atoms with E-state index in [1.807, 2.05) is 6.92 Å². The molecule has 1 N–H and O–H groups in total. The Morgan fingerprint density at radius 1 is 1.14 bits per heavy atom. The van der Waals surface area contributed by atoms with Gasteiger partial charge in [-0.25, -0.2) is 9.97 Å². The van der Waals surface area contributed by atoms with Crippen LogP contribution < -0.4 is 10.1 Å². The van der Waals surface area contributed by atoms with Crippen molar-refractivity contribution in [2.45, 2.75) is 13.0 Å². The number of aryl methyl sites for hydroxylation is 1. The Morgan fingerprint density at radius 2 is 1.95 bits per heavy atom. The normalized spacial score (nSPS) is 13.2. The zero-order valence-corrected chi connectivity index (χ0v) is 21.0. The Balaban J connectivity index is 1.42. The molecule has 37 heavy (non-hydrogen) atoms. The first-order valence-electron chi connectivity index (χ1n) is 11.2. The summed E-state index contributed by atoms with van der Waals surface area (Å²) in [5, 5.41) is 12.4. The van der Waals surface area contributed by atoms with Gasteiger partial charge in [0, 0.05) is 43.2 Å². The van der Waals surface area contributed by atoms with E-state index in [1.54, 1.807) is 36.3 Å². The highest BCUT2D eigenvalue weighted by atomic mass is 32.1.